The standard InChI is InChI=1S/C21H14N4O5S2/c26-20-16-5-2-9-22-19(16)21(27)25(20)12-15-6-7-18(31-15)32(28,29)24-14-4-1-3-13(11-14)17-8-10-23-30-17/h1-11,24H,12H2. The van der Waals surface area contributed by atoms with E-state index in [1.165, 1.54) is 18.5 Å². The fourth-order valence-corrected chi connectivity index (χ4v) is 5.70. The van der Waals surface area contributed by atoms with Gasteiger partial charge in [-0.2, -0.15) is 0 Å². The lowest BCUT2D eigenvalue weighted by Crippen LogP contribution is -2.28. The molecule has 0 radical (unpaired) electrons. The Morgan fingerprint density at radius 2 is 1.88 bits per heavy atom. The summed E-state index contributed by atoms with van der Waals surface area (Å²) in [5.41, 5.74) is 1.39. The van der Waals surface area contributed by atoms with Gasteiger partial charge in [-0.1, -0.05) is 17.3 Å². The van der Waals surface area contributed by atoms with Gasteiger partial charge in [0, 0.05) is 28.4 Å². The monoisotopic (exact) mass is 466 g/mol. The SMILES string of the molecule is O=C1c2cccnc2C(=O)N1Cc1ccc(S(=O)(=O)Nc2cccc(-c3ccno3)c2)s1. The largest absolute Gasteiger partial charge is 0.356 e. The van der Waals surface area contributed by atoms with Gasteiger partial charge >= 0.3 is 0 Å². The van der Waals surface area contributed by atoms with Gasteiger partial charge in [-0.25, -0.2) is 8.42 Å². The van der Waals surface area contributed by atoms with E-state index in [1.54, 1.807) is 48.5 Å². The summed E-state index contributed by atoms with van der Waals surface area (Å²) in [7, 11) is -3.87. The van der Waals surface area contributed by atoms with E-state index in [1.807, 2.05) is 0 Å². The number of nitrogens with one attached hydrogen (secondary N) is 1. The molecule has 1 aromatic carbocycles. The van der Waals surface area contributed by atoms with Crippen LogP contribution in [0.15, 0.2) is 75.7 Å². The third-order valence-electron chi connectivity index (χ3n) is 4.78. The second kappa shape index (κ2) is 7.70. The highest BCUT2D eigenvalue weighted by atomic mass is 32.2. The fourth-order valence-electron chi connectivity index (χ4n) is 3.31. The number of pyridine rings is 1. The first-order chi connectivity index (χ1) is 15.4. The van der Waals surface area contributed by atoms with E-state index < -0.39 is 21.8 Å². The Morgan fingerprint density at radius 3 is 2.66 bits per heavy atom. The van der Waals surface area contributed by atoms with E-state index in [0.29, 0.717) is 21.9 Å². The molecule has 1 N–H and O–H groups in total. The first-order valence-corrected chi connectivity index (χ1v) is 11.7. The van der Waals surface area contributed by atoms with Crippen molar-refractivity contribution in [3.05, 3.63) is 83.1 Å². The molecule has 32 heavy (non-hydrogen) atoms. The zero-order chi connectivity index (χ0) is 22.3. The van der Waals surface area contributed by atoms with Gasteiger partial charge in [-0.15, -0.1) is 11.3 Å². The molecule has 0 aliphatic carbocycles. The molecule has 4 aromatic rings. The summed E-state index contributed by atoms with van der Waals surface area (Å²) in [6, 6.07) is 14.6. The molecule has 0 atom stereocenters. The van der Waals surface area contributed by atoms with Crippen LogP contribution >= 0.6 is 11.3 Å². The van der Waals surface area contributed by atoms with Crippen molar-refractivity contribution < 1.29 is 22.5 Å². The number of imide groups is 1. The van der Waals surface area contributed by atoms with E-state index in [4.69, 9.17) is 4.52 Å². The number of amides is 2. The number of fused-ring (bicyclic) bond motifs is 1. The van der Waals surface area contributed by atoms with Crippen molar-refractivity contribution >= 4 is 38.9 Å². The molecule has 4 heterocycles. The quantitative estimate of drug-likeness (QED) is 0.432. The molecule has 9 nitrogen and oxygen atoms in total. The predicted molar refractivity (Wildman–Crippen MR) is 116 cm³/mol. The zero-order valence-corrected chi connectivity index (χ0v) is 17.9. The number of carbonyl (C=O) groups is 2. The van der Waals surface area contributed by atoms with Gasteiger partial charge in [0.15, 0.2) is 5.76 Å². The van der Waals surface area contributed by atoms with Crippen molar-refractivity contribution in [1.82, 2.24) is 15.0 Å². The average Bonchev–Trinajstić information content (AvgIpc) is 3.53. The summed E-state index contributed by atoms with van der Waals surface area (Å²) < 4.78 is 33.4. The van der Waals surface area contributed by atoms with Gasteiger partial charge in [0.25, 0.3) is 21.8 Å². The highest BCUT2D eigenvalue weighted by molar-refractivity contribution is 7.94. The van der Waals surface area contributed by atoms with Crippen LogP contribution in [0.2, 0.25) is 0 Å². The summed E-state index contributed by atoms with van der Waals surface area (Å²) in [5.74, 6) is -0.427. The molecule has 2 amide bonds. The van der Waals surface area contributed by atoms with Crippen LogP contribution in [0.25, 0.3) is 11.3 Å². The van der Waals surface area contributed by atoms with Gasteiger partial charge < -0.3 is 4.52 Å². The first kappa shape index (κ1) is 20.1. The van der Waals surface area contributed by atoms with Crippen LogP contribution in [0.1, 0.15) is 25.7 Å². The Morgan fingerprint density at radius 1 is 1.00 bits per heavy atom. The molecule has 5 rings (SSSR count). The lowest BCUT2D eigenvalue weighted by atomic mass is 10.1. The third-order valence-corrected chi connectivity index (χ3v) is 7.73. The van der Waals surface area contributed by atoms with Crippen molar-refractivity contribution in [3.63, 3.8) is 0 Å². The Bertz CT molecular complexity index is 1410. The minimum absolute atomic E-state index is 0.0325. The van der Waals surface area contributed by atoms with Crippen molar-refractivity contribution in [1.29, 1.82) is 0 Å². The average molecular weight is 467 g/mol. The van der Waals surface area contributed by atoms with E-state index >= 15 is 0 Å². The van der Waals surface area contributed by atoms with Crippen molar-refractivity contribution in [2.75, 3.05) is 4.72 Å². The van der Waals surface area contributed by atoms with Gasteiger partial charge in [0.1, 0.15) is 9.90 Å². The number of hydrogen-bond donors (Lipinski definition) is 1. The van der Waals surface area contributed by atoms with E-state index in [0.717, 1.165) is 16.2 Å². The van der Waals surface area contributed by atoms with Crippen LogP contribution in [-0.4, -0.2) is 35.3 Å². The molecule has 1 aliphatic rings. The molecule has 11 heteroatoms. The predicted octanol–water partition coefficient (Wildman–Crippen LogP) is 3.40. The van der Waals surface area contributed by atoms with E-state index in [2.05, 4.69) is 14.9 Å². The van der Waals surface area contributed by atoms with Crippen molar-refractivity contribution in [2.24, 2.45) is 0 Å². The second-order valence-corrected chi connectivity index (χ2v) is 9.96. The number of aromatic nitrogens is 2. The van der Waals surface area contributed by atoms with E-state index in [-0.39, 0.29) is 22.0 Å². The minimum Gasteiger partial charge on any atom is -0.356 e. The van der Waals surface area contributed by atoms with E-state index in [9.17, 15) is 18.0 Å². The third kappa shape index (κ3) is 3.57. The number of hydrogen-bond acceptors (Lipinski definition) is 8. The molecule has 3 aromatic heterocycles. The summed E-state index contributed by atoms with van der Waals surface area (Å²) >= 11 is 0.985. The molecule has 160 valence electrons. The second-order valence-electron chi connectivity index (χ2n) is 6.88. The number of anilines is 1. The maximum atomic E-state index is 12.9. The fraction of sp³-hybridized carbons (Fsp3) is 0.0476. The highest BCUT2D eigenvalue weighted by Gasteiger charge is 2.36. The lowest BCUT2D eigenvalue weighted by Gasteiger charge is -2.11. The number of carbonyl (C=O) groups excluding carboxylic acids is 2. The van der Waals surface area contributed by atoms with Crippen LogP contribution in [0.5, 0.6) is 0 Å². The van der Waals surface area contributed by atoms with Crippen LogP contribution in [-0.2, 0) is 16.6 Å². The minimum atomic E-state index is -3.87. The number of thiophene rings is 1. The normalized spacial score (nSPS) is 13.4. The van der Waals surface area contributed by atoms with Gasteiger partial charge in [0.2, 0.25) is 0 Å². The zero-order valence-electron chi connectivity index (χ0n) is 16.3. The molecule has 0 unspecified atom stereocenters. The van der Waals surface area contributed by atoms with Crippen LogP contribution in [0, 0.1) is 0 Å². The molecule has 1 aliphatic heterocycles. The summed E-state index contributed by atoms with van der Waals surface area (Å²) in [6.07, 6.45) is 2.95. The number of benzene rings is 1. The van der Waals surface area contributed by atoms with Gasteiger partial charge in [-0.05, 0) is 36.4 Å². The van der Waals surface area contributed by atoms with Crippen LogP contribution < -0.4 is 4.72 Å². The molecule has 0 saturated heterocycles. The highest BCUT2D eigenvalue weighted by Crippen LogP contribution is 2.29. The Hall–Kier alpha value is -3.83. The maximum absolute atomic E-state index is 12.9. The molecule has 0 fully saturated rings. The van der Waals surface area contributed by atoms with Gasteiger partial charge in [0.05, 0.1) is 18.3 Å². The molecular formula is C21H14N4O5S2. The molecule has 0 spiro atoms. The number of nitrogens with zero attached hydrogens (tertiary/aromatic N) is 3. The maximum Gasteiger partial charge on any atom is 0.280 e. The molecular weight excluding hydrogens is 452 g/mol. The van der Waals surface area contributed by atoms with Crippen molar-refractivity contribution in [3.8, 4) is 11.3 Å². The lowest BCUT2D eigenvalue weighted by molar-refractivity contribution is 0.0642. The summed E-state index contributed by atoms with van der Waals surface area (Å²) in [5, 5.41) is 3.65. The summed E-state index contributed by atoms with van der Waals surface area (Å²) in [4.78, 5) is 30.6. The first-order valence-electron chi connectivity index (χ1n) is 9.36. The van der Waals surface area contributed by atoms with Crippen molar-refractivity contribution in [2.45, 2.75) is 10.8 Å². The Balaban J connectivity index is 1.34. The smallest absolute Gasteiger partial charge is 0.280 e. The van der Waals surface area contributed by atoms with Crippen LogP contribution in [0.3, 0.4) is 0 Å². The number of sulfonamides is 1. The van der Waals surface area contributed by atoms with Gasteiger partial charge in [-0.3, -0.25) is 24.2 Å². The molecule has 0 saturated carbocycles. The Kier molecular flexibility index (Phi) is 4.83. The summed E-state index contributed by atoms with van der Waals surface area (Å²) in [6.45, 7) is -0.0325. The number of rotatable bonds is 6. The van der Waals surface area contributed by atoms with Crippen LogP contribution in [0.4, 0.5) is 5.69 Å². The Labute approximate surface area is 186 Å². The molecule has 0 bridgehead atoms. The topological polar surface area (TPSA) is 122 Å².